The third-order valence-electron chi connectivity index (χ3n) is 6.18. The van der Waals surface area contributed by atoms with E-state index < -0.39 is 11.4 Å². The van der Waals surface area contributed by atoms with Gasteiger partial charge < -0.3 is 30.1 Å². The average molecular weight is 470 g/mol. The molecule has 1 aliphatic rings. The van der Waals surface area contributed by atoms with Gasteiger partial charge in [0.25, 0.3) is 0 Å². The van der Waals surface area contributed by atoms with Crippen LogP contribution >= 0.6 is 0 Å². The number of urea groups is 1. The lowest BCUT2D eigenvalue weighted by Gasteiger charge is -2.28. The normalized spacial score (nSPS) is 12.9. The Morgan fingerprint density at radius 1 is 1.12 bits per heavy atom. The zero-order chi connectivity index (χ0) is 24.9. The highest BCUT2D eigenvalue weighted by Gasteiger charge is 2.32. The van der Waals surface area contributed by atoms with Gasteiger partial charge in [-0.05, 0) is 69.0 Å². The first-order chi connectivity index (χ1) is 16.2. The van der Waals surface area contributed by atoms with Gasteiger partial charge in [-0.2, -0.15) is 0 Å². The lowest BCUT2D eigenvalue weighted by molar-refractivity contribution is -0.146. The van der Waals surface area contributed by atoms with Crippen LogP contribution in [0.2, 0.25) is 0 Å². The van der Waals surface area contributed by atoms with Crippen molar-refractivity contribution in [2.24, 2.45) is 5.41 Å². The van der Waals surface area contributed by atoms with E-state index in [0.717, 1.165) is 37.1 Å². The molecule has 8 heteroatoms. The third-order valence-corrected chi connectivity index (χ3v) is 6.18. The summed E-state index contributed by atoms with van der Waals surface area (Å²) >= 11 is 0. The molecule has 0 radical (unpaired) electrons. The number of fused-ring (bicyclic) bond motifs is 1. The molecule has 2 amide bonds. The second-order valence-corrected chi connectivity index (χ2v) is 9.23. The first-order valence-corrected chi connectivity index (χ1v) is 11.7. The number of carboxylic acid groups (broad SMARTS) is 1. The lowest BCUT2D eigenvalue weighted by Crippen LogP contribution is -2.38. The topological polar surface area (TPSA) is 100 Å². The molecule has 0 saturated heterocycles. The lowest BCUT2D eigenvalue weighted by atomic mass is 9.93. The summed E-state index contributed by atoms with van der Waals surface area (Å²) in [6.07, 6.45) is 2.57. The molecule has 184 valence electrons. The van der Waals surface area contributed by atoms with Gasteiger partial charge in [-0.25, -0.2) is 4.79 Å². The van der Waals surface area contributed by atoms with Gasteiger partial charge in [-0.15, -0.1) is 0 Å². The second kappa shape index (κ2) is 10.7. The van der Waals surface area contributed by atoms with Gasteiger partial charge in [0.1, 0.15) is 5.75 Å². The van der Waals surface area contributed by atoms with E-state index in [2.05, 4.69) is 15.5 Å². The predicted molar refractivity (Wildman–Crippen MR) is 133 cm³/mol. The largest absolute Gasteiger partial charge is 0.493 e. The van der Waals surface area contributed by atoms with Crippen LogP contribution in [0.25, 0.3) is 0 Å². The third kappa shape index (κ3) is 5.92. The molecule has 0 fully saturated rings. The Morgan fingerprint density at radius 3 is 2.50 bits per heavy atom. The van der Waals surface area contributed by atoms with Crippen molar-refractivity contribution in [2.75, 3.05) is 30.4 Å². The molecule has 2 aromatic carbocycles. The maximum Gasteiger partial charge on any atom is 0.319 e. The first kappa shape index (κ1) is 25.2. The fourth-order valence-electron chi connectivity index (χ4n) is 4.02. The zero-order valence-electron chi connectivity index (χ0n) is 20.6. The number of ether oxygens (including phenoxy) is 2. The van der Waals surface area contributed by atoms with Crippen LogP contribution < -0.4 is 25.0 Å². The first-order valence-electron chi connectivity index (χ1n) is 11.7. The van der Waals surface area contributed by atoms with Crippen LogP contribution in [-0.4, -0.2) is 43.3 Å². The summed E-state index contributed by atoms with van der Waals surface area (Å²) in [5.74, 6) is 0.906. The van der Waals surface area contributed by atoms with Gasteiger partial charge in [0.2, 0.25) is 0 Å². The van der Waals surface area contributed by atoms with Crippen molar-refractivity contribution in [1.82, 2.24) is 5.32 Å². The fraction of sp³-hybridized carbons (Fsp3) is 0.462. The summed E-state index contributed by atoms with van der Waals surface area (Å²) in [7, 11) is 1.56. The Morgan fingerprint density at radius 2 is 1.85 bits per heavy atom. The van der Waals surface area contributed by atoms with Crippen LogP contribution in [0.1, 0.15) is 46.1 Å². The summed E-state index contributed by atoms with van der Waals surface area (Å²) in [5.41, 5.74) is 1.94. The van der Waals surface area contributed by atoms with Gasteiger partial charge in [-0.1, -0.05) is 13.8 Å². The quantitative estimate of drug-likeness (QED) is 0.438. The van der Waals surface area contributed by atoms with Crippen LogP contribution in [0.3, 0.4) is 0 Å². The minimum absolute atomic E-state index is 0.135. The molecule has 0 spiro atoms. The molecule has 0 aromatic heterocycles. The van der Waals surface area contributed by atoms with Crippen molar-refractivity contribution < 1.29 is 24.2 Å². The summed E-state index contributed by atoms with van der Waals surface area (Å²) in [4.78, 5) is 25.9. The number of carbonyl (C=O) groups excluding carboxylic acids is 1. The Balaban J connectivity index is 1.70. The van der Waals surface area contributed by atoms with E-state index in [9.17, 15) is 14.7 Å². The zero-order valence-corrected chi connectivity index (χ0v) is 20.6. The number of amides is 2. The number of nitrogens with zero attached hydrogens (tertiary/aromatic N) is 1. The van der Waals surface area contributed by atoms with Crippen molar-refractivity contribution in [1.29, 1.82) is 0 Å². The summed E-state index contributed by atoms with van der Waals surface area (Å²) < 4.78 is 11.6. The van der Waals surface area contributed by atoms with Crippen LogP contribution in [0, 0.1) is 5.41 Å². The minimum Gasteiger partial charge on any atom is -0.493 e. The number of nitrogens with one attached hydrogen (secondary N) is 2. The molecular formula is C26H35N3O5. The highest BCUT2D eigenvalue weighted by molar-refractivity contribution is 5.89. The van der Waals surface area contributed by atoms with Gasteiger partial charge in [0, 0.05) is 36.6 Å². The molecule has 3 N–H and O–H groups in total. The number of aliphatic carboxylic acids is 1. The number of rotatable bonds is 10. The highest BCUT2D eigenvalue weighted by atomic mass is 16.5. The summed E-state index contributed by atoms with van der Waals surface area (Å²) in [6.45, 7) is 8.78. The Kier molecular flexibility index (Phi) is 7.91. The standard InChI is InChI=1S/C26H35N3O5/c1-6-18(7-2)27-25(32)28-19-8-11-22(23(15-19)33-5)34-20-9-10-21-17(14-20)12-13-29(21)16-26(3,4)24(30)31/h8-11,14-15,18H,6-7,12-13,16H2,1-5H3,(H,30,31)(H2,27,28,32). The highest BCUT2D eigenvalue weighted by Crippen LogP contribution is 2.38. The van der Waals surface area contributed by atoms with Crippen LogP contribution in [-0.2, 0) is 11.2 Å². The molecule has 0 bridgehead atoms. The van der Waals surface area contributed by atoms with Crippen molar-refractivity contribution in [3.63, 3.8) is 0 Å². The van der Waals surface area contributed by atoms with E-state index >= 15 is 0 Å². The van der Waals surface area contributed by atoms with Crippen LogP contribution in [0.5, 0.6) is 17.2 Å². The molecule has 8 nitrogen and oxygen atoms in total. The van der Waals surface area contributed by atoms with Crippen molar-refractivity contribution in [2.45, 2.75) is 53.0 Å². The molecule has 3 rings (SSSR count). The molecule has 1 aliphatic heterocycles. The SMILES string of the molecule is CCC(CC)NC(=O)Nc1ccc(Oc2ccc3c(c2)CCN3CC(C)(C)C(=O)O)c(OC)c1. The van der Waals surface area contributed by atoms with Gasteiger partial charge in [-0.3, -0.25) is 4.79 Å². The second-order valence-electron chi connectivity index (χ2n) is 9.23. The number of anilines is 2. The molecule has 1 heterocycles. The number of carboxylic acids is 1. The van der Waals surface area contributed by atoms with Gasteiger partial charge in [0.15, 0.2) is 11.5 Å². The molecule has 0 unspecified atom stereocenters. The molecule has 0 saturated carbocycles. The molecule has 0 atom stereocenters. The molecular weight excluding hydrogens is 434 g/mol. The average Bonchev–Trinajstić information content (AvgIpc) is 3.19. The van der Waals surface area contributed by atoms with Crippen molar-refractivity contribution in [3.05, 3.63) is 42.0 Å². The van der Waals surface area contributed by atoms with Crippen LogP contribution in [0.15, 0.2) is 36.4 Å². The van der Waals surface area contributed by atoms with Gasteiger partial charge >= 0.3 is 12.0 Å². The summed E-state index contributed by atoms with van der Waals surface area (Å²) in [6, 6.07) is 11.0. The minimum atomic E-state index is -0.829. The molecule has 0 aliphatic carbocycles. The smallest absolute Gasteiger partial charge is 0.319 e. The number of methoxy groups -OCH3 is 1. The Labute approximate surface area is 201 Å². The van der Waals surface area contributed by atoms with E-state index in [-0.39, 0.29) is 12.1 Å². The fourth-order valence-corrected chi connectivity index (χ4v) is 4.02. The molecule has 34 heavy (non-hydrogen) atoms. The van der Waals surface area contributed by atoms with Crippen molar-refractivity contribution in [3.8, 4) is 17.2 Å². The molecule has 2 aromatic rings. The van der Waals surface area contributed by atoms with E-state index in [4.69, 9.17) is 9.47 Å². The maximum absolute atomic E-state index is 12.2. The van der Waals surface area contributed by atoms with E-state index in [1.54, 1.807) is 39.2 Å². The van der Waals surface area contributed by atoms with Crippen molar-refractivity contribution >= 4 is 23.4 Å². The monoisotopic (exact) mass is 469 g/mol. The summed E-state index contributed by atoms with van der Waals surface area (Å²) in [5, 5.41) is 15.2. The number of hydrogen-bond donors (Lipinski definition) is 3. The van der Waals surface area contributed by atoms with E-state index in [1.807, 2.05) is 32.0 Å². The van der Waals surface area contributed by atoms with E-state index in [0.29, 0.717) is 29.5 Å². The predicted octanol–water partition coefficient (Wildman–Crippen LogP) is 5.27. The maximum atomic E-state index is 12.2. The van der Waals surface area contributed by atoms with Gasteiger partial charge in [0.05, 0.1) is 12.5 Å². The van der Waals surface area contributed by atoms with Crippen LogP contribution in [0.4, 0.5) is 16.2 Å². The number of hydrogen-bond acceptors (Lipinski definition) is 5. The van der Waals surface area contributed by atoms with E-state index in [1.165, 1.54) is 0 Å². The Bertz CT molecular complexity index is 1030. The number of carbonyl (C=O) groups is 2. The number of benzene rings is 2. The Hall–Kier alpha value is -3.42.